The van der Waals surface area contributed by atoms with E-state index in [1.54, 1.807) is 29.4 Å². The van der Waals surface area contributed by atoms with Crippen LogP contribution in [0.1, 0.15) is 32.3 Å². The Morgan fingerprint density at radius 2 is 2.05 bits per heavy atom. The van der Waals surface area contributed by atoms with Gasteiger partial charge in [0.05, 0.1) is 0 Å². The van der Waals surface area contributed by atoms with E-state index in [1.165, 1.54) is 0 Å². The van der Waals surface area contributed by atoms with Crippen LogP contribution in [0.4, 0.5) is 10.9 Å². The van der Waals surface area contributed by atoms with Gasteiger partial charge in [-0.1, -0.05) is 25.2 Å². The van der Waals surface area contributed by atoms with Crippen LogP contribution in [-0.4, -0.2) is 40.8 Å². The number of hydrogen-bond acceptors (Lipinski definition) is 8. The van der Waals surface area contributed by atoms with E-state index >= 15 is 0 Å². The first-order valence-electron chi connectivity index (χ1n) is 6.80. The van der Waals surface area contributed by atoms with Crippen molar-refractivity contribution in [1.82, 2.24) is 20.2 Å². The average molecular weight is 324 g/mol. The van der Waals surface area contributed by atoms with Gasteiger partial charge in [-0.25, -0.2) is 9.97 Å². The molecular formula is C13H20N6S2. The third kappa shape index (κ3) is 3.82. The summed E-state index contributed by atoms with van der Waals surface area (Å²) in [6.45, 7) is 7.20. The molecule has 0 fully saturated rings. The van der Waals surface area contributed by atoms with Crippen LogP contribution >= 0.6 is 23.1 Å². The number of nitrogens with one attached hydrogen (secondary N) is 1. The van der Waals surface area contributed by atoms with Gasteiger partial charge in [0.25, 0.3) is 0 Å². The maximum absolute atomic E-state index is 4.43. The van der Waals surface area contributed by atoms with E-state index in [4.69, 9.17) is 0 Å². The van der Waals surface area contributed by atoms with Gasteiger partial charge in [-0.3, -0.25) is 0 Å². The molecule has 1 N–H and O–H groups in total. The summed E-state index contributed by atoms with van der Waals surface area (Å²) in [4.78, 5) is 10.7. The smallest absolute Gasteiger partial charge is 0.208 e. The van der Waals surface area contributed by atoms with E-state index < -0.39 is 0 Å². The Bertz CT molecular complexity index is 596. The zero-order chi connectivity index (χ0) is 15.4. The minimum atomic E-state index is 0.337. The lowest BCUT2D eigenvalue weighted by molar-refractivity contribution is 0.803. The number of anilines is 2. The molecular weight excluding hydrogens is 304 g/mol. The van der Waals surface area contributed by atoms with Gasteiger partial charge < -0.3 is 10.2 Å². The van der Waals surface area contributed by atoms with E-state index in [-0.39, 0.29) is 0 Å². The molecule has 0 spiro atoms. The number of rotatable bonds is 6. The summed E-state index contributed by atoms with van der Waals surface area (Å²) >= 11 is 3.11. The fourth-order valence-electron chi connectivity index (χ4n) is 1.80. The quantitative estimate of drug-likeness (QED) is 0.819. The fourth-order valence-corrected chi connectivity index (χ4v) is 3.72. The molecule has 114 valence electrons. The van der Waals surface area contributed by atoms with Crippen molar-refractivity contribution in [3.05, 3.63) is 11.9 Å². The van der Waals surface area contributed by atoms with Crippen molar-refractivity contribution in [3.63, 3.8) is 0 Å². The first-order valence-corrected chi connectivity index (χ1v) is 8.43. The Labute approximate surface area is 133 Å². The summed E-state index contributed by atoms with van der Waals surface area (Å²) in [5, 5.41) is 13.5. The van der Waals surface area contributed by atoms with Crippen molar-refractivity contribution in [1.29, 1.82) is 0 Å². The minimum Gasteiger partial charge on any atom is -0.370 e. The predicted molar refractivity (Wildman–Crippen MR) is 88.6 cm³/mol. The van der Waals surface area contributed by atoms with Gasteiger partial charge in [0.2, 0.25) is 5.13 Å². The van der Waals surface area contributed by atoms with E-state index in [9.17, 15) is 0 Å². The van der Waals surface area contributed by atoms with Crippen molar-refractivity contribution >= 4 is 34.0 Å². The van der Waals surface area contributed by atoms with Crippen molar-refractivity contribution in [2.75, 3.05) is 30.9 Å². The van der Waals surface area contributed by atoms with Crippen molar-refractivity contribution in [2.45, 2.75) is 36.1 Å². The molecule has 0 aliphatic carbocycles. The molecule has 2 rings (SSSR count). The molecule has 0 bridgehead atoms. The Hall–Kier alpha value is -1.41. The molecule has 8 heteroatoms. The number of nitrogens with zero attached hydrogens (tertiary/aromatic N) is 5. The highest BCUT2D eigenvalue weighted by atomic mass is 32.2. The normalized spacial score (nSPS) is 11.0. The Kier molecular flexibility index (Phi) is 5.35. The molecule has 0 radical (unpaired) electrons. The lowest BCUT2D eigenvalue weighted by Gasteiger charge is -2.15. The van der Waals surface area contributed by atoms with Crippen molar-refractivity contribution in [2.24, 2.45) is 0 Å². The summed E-state index contributed by atoms with van der Waals surface area (Å²) < 4.78 is 0.891. The van der Waals surface area contributed by atoms with Crippen LogP contribution < -0.4 is 10.2 Å². The van der Waals surface area contributed by atoms with Crippen LogP contribution in [0.25, 0.3) is 0 Å². The molecule has 0 saturated heterocycles. The van der Waals surface area contributed by atoms with Crippen LogP contribution in [0.5, 0.6) is 0 Å². The van der Waals surface area contributed by atoms with Gasteiger partial charge in [0.15, 0.2) is 4.34 Å². The Morgan fingerprint density at radius 3 is 2.62 bits per heavy atom. The maximum Gasteiger partial charge on any atom is 0.208 e. The van der Waals surface area contributed by atoms with Crippen LogP contribution in [0.15, 0.2) is 15.7 Å². The summed E-state index contributed by atoms with van der Waals surface area (Å²) in [7, 11) is 3.92. The van der Waals surface area contributed by atoms with Crippen LogP contribution in [0.3, 0.4) is 0 Å². The second-order valence-electron chi connectivity index (χ2n) is 4.97. The lowest BCUT2D eigenvalue weighted by atomic mass is 10.1. The zero-order valence-electron chi connectivity index (χ0n) is 12.9. The predicted octanol–water partition coefficient (Wildman–Crippen LogP) is 3.10. The van der Waals surface area contributed by atoms with Gasteiger partial charge >= 0.3 is 0 Å². The van der Waals surface area contributed by atoms with Crippen LogP contribution in [-0.2, 0) is 0 Å². The van der Waals surface area contributed by atoms with Crippen molar-refractivity contribution < 1.29 is 0 Å². The first-order chi connectivity index (χ1) is 10.0. The van der Waals surface area contributed by atoms with Gasteiger partial charge in [-0.15, -0.1) is 10.2 Å². The van der Waals surface area contributed by atoms with E-state index in [2.05, 4.69) is 46.3 Å². The highest BCUT2D eigenvalue weighted by molar-refractivity contribution is 8.01. The molecule has 0 amide bonds. The molecule has 0 saturated carbocycles. The SMILES string of the molecule is CCNc1ncnc(Sc2nnc(N(C)C)s2)c1C(C)C. The van der Waals surface area contributed by atoms with Crippen LogP contribution in [0, 0.1) is 0 Å². The molecule has 0 atom stereocenters. The topological polar surface area (TPSA) is 66.8 Å². The first kappa shape index (κ1) is 16.0. The molecule has 21 heavy (non-hydrogen) atoms. The summed E-state index contributed by atoms with van der Waals surface area (Å²) in [5.41, 5.74) is 1.13. The average Bonchev–Trinajstić information content (AvgIpc) is 2.87. The lowest BCUT2D eigenvalue weighted by Crippen LogP contribution is -2.07. The number of hydrogen-bond donors (Lipinski definition) is 1. The zero-order valence-corrected chi connectivity index (χ0v) is 14.5. The Balaban J connectivity index is 2.31. The van der Waals surface area contributed by atoms with Crippen LogP contribution in [0.2, 0.25) is 0 Å². The summed E-state index contributed by atoms with van der Waals surface area (Å²) in [6.07, 6.45) is 1.60. The van der Waals surface area contributed by atoms with E-state index in [0.717, 1.165) is 32.4 Å². The molecule has 6 nitrogen and oxygen atoms in total. The third-order valence-corrected chi connectivity index (χ3v) is 4.89. The summed E-state index contributed by atoms with van der Waals surface area (Å²) in [6, 6.07) is 0. The van der Waals surface area contributed by atoms with Gasteiger partial charge in [-0.05, 0) is 24.6 Å². The molecule has 2 aromatic heterocycles. The molecule has 2 heterocycles. The summed E-state index contributed by atoms with van der Waals surface area (Å²) in [5.74, 6) is 1.24. The minimum absolute atomic E-state index is 0.337. The molecule has 0 aliphatic heterocycles. The van der Waals surface area contributed by atoms with Crippen molar-refractivity contribution in [3.8, 4) is 0 Å². The standard InChI is InChI=1S/C13H20N6S2/c1-6-14-10-9(8(2)3)11(16-7-15-10)20-13-18-17-12(21-13)19(4)5/h7-8H,6H2,1-5H3,(H,14,15,16). The molecule has 0 unspecified atom stereocenters. The largest absolute Gasteiger partial charge is 0.370 e. The highest BCUT2D eigenvalue weighted by Gasteiger charge is 2.17. The highest BCUT2D eigenvalue weighted by Crippen LogP contribution is 2.37. The Morgan fingerprint density at radius 1 is 1.29 bits per heavy atom. The van der Waals surface area contributed by atoms with E-state index in [0.29, 0.717) is 5.92 Å². The molecule has 0 aromatic carbocycles. The fraction of sp³-hybridized carbons (Fsp3) is 0.538. The van der Waals surface area contributed by atoms with Gasteiger partial charge in [0, 0.05) is 26.2 Å². The third-order valence-electron chi connectivity index (χ3n) is 2.73. The number of aromatic nitrogens is 4. The van der Waals surface area contributed by atoms with Gasteiger partial charge in [-0.2, -0.15) is 0 Å². The maximum atomic E-state index is 4.43. The second kappa shape index (κ2) is 7.04. The monoisotopic (exact) mass is 324 g/mol. The van der Waals surface area contributed by atoms with Gasteiger partial charge in [0.1, 0.15) is 17.2 Å². The second-order valence-corrected chi connectivity index (χ2v) is 7.17. The van der Waals surface area contributed by atoms with E-state index in [1.807, 2.05) is 19.0 Å². The molecule has 2 aromatic rings. The molecule has 0 aliphatic rings.